The fourth-order valence-corrected chi connectivity index (χ4v) is 2.82. The molecular formula is C12H15IN4O. The topological polar surface area (TPSA) is 42.7 Å². The van der Waals surface area contributed by atoms with Crippen LogP contribution in [0, 0.1) is 3.70 Å². The monoisotopic (exact) mass is 358 g/mol. The van der Waals surface area contributed by atoms with Gasteiger partial charge in [0.1, 0.15) is 9.52 Å². The number of methoxy groups -OCH3 is 1. The number of anilines is 1. The zero-order chi connectivity index (χ0) is 12.5. The number of halogens is 1. The molecule has 18 heavy (non-hydrogen) atoms. The summed E-state index contributed by atoms with van der Waals surface area (Å²) >= 11 is 2.25. The summed E-state index contributed by atoms with van der Waals surface area (Å²) in [6.45, 7) is 2.00. The summed E-state index contributed by atoms with van der Waals surface area (Å²) in [4.78, 5) is 6.59. The van der Waals surface area contributed by atoms with Gasteiger partial charge in [-0.1, -0.05) is 0 Å². The molecule has 0 N–H and O–H groups in total. The van der Waals surface area contributed by atoms with Crippen LogP contribution < -0.4 is 4.90 Å². The number of ether oxygens (including phenoxy) is 1. The minimum Gasteiger partial charge on any atom is -0.381 e. The Morgan fingerprint density at radius 3 is 2.83 bits per heavy atom. The van der Waals surface area contributed by atoms with Crippen LogP contribution in [0.2, 0.25) is 0 Å². The van der Waals surface area contributed by atoms with Gasteiger partial charge in [0, 0.05) is 20.2 Å². The Hall–Kier alpha value is -0.890. The molecule has 0 amide bonds. The molecule has 1 aliphatic heterocycles. The van der Waals surface area contributed by atoms with E-state index in [-0.39, 0.29) is 0 Å². The maximum absolute atomic E-state index is 5.39. The van der Waals surface area contributed by atoms with Gasteiger partial charge in [-0.3, -0.25) is 0 Å². The van der Waals surface area contributed by atoms with Crippen molar-refractivity contribution in [2.75, 3.05) is 25.1 Å². The molecule has 1 aliphatic rings. The maximum atomic E-state index is 5.39. The van der Waals surface area contributed by atoms with Crippen molar-refractivity contribution in [3.63, 3.8) is 0 Å². The lowest BCUT2D eigenvalue weighted by atomic mass is 10.1. The van der Waals surface area contributed by atoms with E-state index in [1.807, 2.05) is 22.8 Å². The molecule has 0 saturated carbocycles. The molecule has 1 saturated heterocycles. The Labute approximate surface area is 119 Å². The van der Waals surface area contributed by atoms with E-state index in [0.717, 1.165) is 41.1 Å². The zero-order valence-electron chi connectivity index (χ0n) is 10.2. The van der Waals surface area contributed by atoms with Crippen molar-refractivity contribution in [3.8, 4) is 0 Å². The van der Waals surface area contributed by atoms with Crippen LogP contribution in [0.5, 0.6) is 0 Å². The standard InChI is InChI=1S/C12H15IN4O/c1-18-9-4-6-16(7-5-9)12-3-2-11-14-8-10(13)17(11)15-12/h2-3,8-9H,4-7H2,1H3. The number of hydrogen-bond donors (Lipinski definition) is 0. The highest BCUT2D eigenvalue weighted by molar-refractivity contribution is 14.1. The van der Waals surface area contributed by atoms with Crippen LogP contribution in [-0.2, 0) is 4.74 Å². The van der Waals surface area contributed by atoms with Crippen LogP contribution in [0.25, 0.3) is 5.65 Å². The zero-order valence-corrected chi connectivity index (χ0v) is 12.4. The van der Waals surface area contributed by atoms with Gasteiger partial charge in [0.15, 0.2) is 5.65 Å². The molecule has 0 radical (unpaired) electrons. The molecule has 3 rings (SSSR count). The first-order valence-corrected chi connectivity index (χ1v) is 7.14. The van der Waals surface area contributed by atoms with E-state index in [9.17, 15) is 0 Å². The van der Waals surface area contributed by atoms with Crippen LogP contribution in [0.3, 0.4) is 0 Å². The molecule has 2 aromatic rings. The van der Waals surface area contributed by atoms with Gasteiger partial charge in [-0.05, 0) is 47.6 Å². The summed E-state index contributed by atoms with van der Waals surface area (Å²) in [6, 6.07) is 4.07. The molecule has 6 heteroatoms. The van der Waals surface area contributed by atoms with Crippen molar-refractivity contribution >= 4 is 34.1 Å². The highest BCUT2D eigenvalue weighted by atomic mass is 127. The predicted molar refractivity (Wildman–Crippen MR) is 77.9 cm³/mol. The molecular weight excluding hydrogens is 343 g/mol. The van der Waals surface area contributed by atoms with Crippen LogP contribution in [0.4, 0.5) is 5.82 Å². The molecule has 5 nitrogen and oxygen atoms in total. The quantitative estimate of drug-likeness (QED) is 0.770. The van der Waals surface area contributed by atoms with Gasteiger partial charge in [0.2, 0.25) is 0 Å². The number of rotatable bonds is 2. The van der Waals surface area contributed by atoms with Gasteiger partial charge >= 0.3 is 0 Å². The van der Waals surface area contributed by atoms with Crippen LogP contribution in [0.15, 0.2) is 18.3 Å². The van der Waals surface area contributed by atoms with Crippen molar-refractivity contribution in [1.29, 1.82) is 0 Å². The highest BCUT2D eigenvalue weighted by Gasteiger charge is 2.20. The first kappa shape index (κ1) is 12.2. The van der Waals surface area contributed by atoms with Gasteiger partial charge in [-0.15, -0.1) is 5.10 Å². The second-order valence-electron chi connectivity index (χ2n) is 4.46. The van der Waals surface area contributed by atoms with E-state index >= 15 is 0 Å². The Kier molecular flexibility index (Phi) is 3.38. The second-order valence-corrected chi connectivity index (χ2v) is 5.57. The molecule has 3 heterocycles. The summed E-state index contributed by atoms with van der Waals surface area (Å²) in [6.07, 6.45) is 4.37. The molecule has 96 valence electrons. The number of piperidine rings is 1. The van der Waals surface area contributed by atoms with Crippen molar-refractivity contribution in [2.24, 2.45) is 0 Å². The van der Waals surface area contributed by atoms with Gasteiger partial charge in [-0.2, -0.15) is 0 Å². The first-order chi connectivity index (χ1) is 8.78. The van der Waals surface area contributed by atoms with Gasteiger partial charge in [0.25, 0.3) is 0 Å². The molecule has 0 aliphatic carbocycles. The molecule has 0 bridgehead atoms. The number of hydrogen-bond acceptors (Lipinski definition) is 4. The summed E-state index contributed by atoms with van der Waals surface area (Å²) < 4.78 is 8.31. The van der Waals surface area contributed by atoms with E-state index in [1.54, 1.807) is 7.11 Å². The maximum Gasteiger partial charge on any atom is 0.154 e. The average Bonchev–Trinajstić information content (AvgIpc) is 2.80. The van der Waals surface area contributed by atoms with Gasteiger partial charge < -0.3 is 9.64 Å². The third-order valence-corrected chi connectivity index (χ3v) is 4.14. The van der Waals surface area contributed by atoms with Crippen LogP contribution in [-0.4, -0.2) is 40.9 Å². The molecule has 0 unspecified atom stereocenters. The largest absolute Gasteiger partial charge is 0.381 e. The van der Waals surface area contributed by atoms with E-state index < -0.39 is 0 Å². The minimum atomic E-state index is 0.401. The third kappa shape index (κ3) is 2.18. The molecule has 0 aromatic carbocycles. The highest BCUT2D eigenvalue weighted by Crippen LogP contribution is 2.20. The predicted octanol–water partition coefficient (Wildman–Crippen LogP) is 1.95. The summed E-state index contributed by atoms with van der Waals surface area (Å²) in [7, 11) is 1.79. The Bertz CT molecular complexity index is 548. The normalized spacial score (nSPS) is 17.6. The number of nitrogens with zero attached hydrogens (tertiary/aromatic N) is 4. The molecule has 0 atom stereocenters. The second kappa shape index (κ2) is 5.00. The summed E-state index contributed by atoms with van der Waals surface area (Å²) in [5.74, 6) is 1.02. The van der Waals surface area contributed by atoms with Crippen LogP contribution >= 0.6 is 22.6 Å². The van der Waals surface area contributed by atoms with Gasteiger partial charge in [0.05, 0.1) is 12.3 Å². The average molecular weight is 358 g/mol. The fourth-order valence-electron chi connectivity index (χ4n) is 2.32. The lowest BCUT2D eigenvalue weighted by Crippen LogP contribution is -2.37. The Morgan fingerprint density at radius 1 is 1.33 bits per heavy atom. The molecule has 2 aromatic heterocycles. The summed E-state index contributed by atoms with van der Waals surface area (Å²) in [5.41, 5.74) is 0.898. The molecule has 0 spiro atoms. The van der Waals surface area contributed by atoms with E-state index in [2.05, 4.69) is 37.6 Å². The van der Waals surface area contributed by atoms with E-state index in [4.69, 9.17) is 4.74 Å². The van der Waals surface area contributed by atoms with Crippen molar-refractivity contribution in [3.05, 3.63) is 22.0 Å². The van der Waals surface area contributed by atoms with Crippen molar-refractivity contribution in [2.45, 2.75) is 18.9 Å². The lowest BCUT2D eigenvalue weighted by molar-refractivity contribution is 0.0817. The van der Waals surface area contributed by atoms with Crippen molar-refractivity contribution < 1.29 is 4.74 Å². The first-order valence-electron chi connectivity index (χ1n) is 6.06. The fraction of sp³-hybridized carbons (Fsp3) is 0.500. The van der Waals surface area contributed by atoms with Crippen LogP contribution in [0.1, 0.15) is 12.8 Å². The number of aromatic nitrogens is 3. The third-order valence-electron chi connectivity index (χ3n) is 3.41. The lowest BCUT2D eigenvalue weighted by Gasteiger charge is -2.31. The van der Waals surface area contributed by atoms with E-state index in [1.165, 1.54) is 0 Å². The number of fused-ring (bicyclic) bond motifs is 1. The van der Waals surface area contributed by atoms with E-state index in [0.29, 0.717) is 6.10 Å². The smallest absolute Gasteiger partial charge is 0.154 e. The summed E-state index contributed by atoms with van der Waals surface area (Å²) in [5, 5.41) is 4.64. The van der Waals surface area contributed by atoms with Gasteiger partial charge in [-0.25, -0.2) is 9.50 Å². The Morgan fingerprint density at radius 2 is 2.11 bits per heavy atom. The Balaban J connectivity index is 1.84. The number of imidazole rings is 1. The molecule has 1 fully saturated rings. The van der Waals surface area contributed by atoms with Crippen molar-refractivity contribution in [1.82, 2.24) is 14.6 Å². The SMILES string of the molecule is COC1CCN(c2ccc3ncc(I)n3n2)CC1. The minimum absolute atomic E-state index is 0.401.